The number of piperidine rings is 1. The number of likely N-dealkylation sites (tertiary alicyclic amines) is 1. The van der Waals surface area contributed by atoms with E-state index < -0.39 is 21.8 Å². The van der Waals surface area contributed by atoms with Crippen molar-refractivity contribution >= 4 is 44.8 Å². The largest absolute Gasteiger partial charge is 0.421 e. The summed E-state index contributed by atoms with van der Waals surface area (Å²) in [4.78, 5) is 12.5. The average Bonchev–Trinajstić information content (AvgIpc) is 2.81. The minimum absolute atomic E-state index is 0.0253. The first-order chi connectivity index (χ1) is 18.4. The highest BCUT2D eigenvalue weighted by molar-refractivity contribution is 7.88. The SMILES string of the molecule is CN1C(C)(C)CC(Nc2ncc(C(F)(F)F)c(Nc3ccc(N4CCN(S(C)(=O)=O)CC4)c(Cl)c3)n2)CC1(C)C. The fraction of sp³-hybridized carbons (Fsp3) is 0.615. The molecule has 3 heterocycles. The Balaban J connectivity index is 1.54. The summed E-state index contributed by atoms with van der Waals surface area (Å²) in [5.74, 6) is -0.259. The van der Waals surface area contributed by atoms with Crippen LogP contribution in [0.5, 0.6) is 0 Å². The topological polar surface area (TPSA) is 93.7 Å². The van der Waals surface area contributed by atoms with Crippen molar-refractivity contribution in [2.24, 2.45) is 0 Å². The van der Waals surface area contributed by atoms with Gasteiger partial charge >= 0.3 is 6.18 Å². The average molecular weight is 604 g/mol. The molecule has 0 amide bonds. The summed E-state index contributed by atoms with van der Waals surface area (Å²) in [6, 6.07) is 4.85. The first kappa shape index (κ1) is 30.6. The second kappa shape index (κ2) is 10.8. The van der Waals surface area contributed by atoms with Gasteiger partial charge in [-0.1, -0.05) is 11.6 Å². The Morgan fingerprint density at radius 1 is 1.05 bits per heavy atom. The molecule has 0 bridgehead atoms. The number of anilines is 4. The normalized spacial score (nSPS) is 20.9. The molecule has 2 N–H and O–H groups in total. The van der Waals surface area contributed by atoms with E-state index in [1.807, 2.05) is 4.90 Å². The number of piperazine rings is 1. The predicted octanol–water partition coefficient (Wildman–Crippen LogP) is 5.04. The molecule has 40 heavy (non-hydrogen) atoms. The second-order valence-corrected chi connectivity index (χ2v) is 14.2. The Hall–Kier alpha value is -2.35. The van der Waals surface area contributed by atoms with Crippen LogP contribution in [0, 0.1) is 0 Å². The van der Waals surface area contributed by atoms with Gasteiger partial charge < -0.3 is 15.5 Å². The van der Waals surface area contributed by atoms with Crippen LogP contribution in [0.25, 0.3) is 0 Å². The lowest BCUT2D eigenvalue weighted by molar-refractivity contribution is -0.137. The van der Waals surface area contributed by atoms with Gasteiger partial charge in [0.2, 0.25) is 16.0 Å². The molecule has 0 aliphatic carbocycles. The Kier molecular flexibility index (Phi) is 8.27. The molecule has 0 spiro atoms. The van der Waals surface area contributed by atoms with Gasteiger partial charge in [-0.05, 0) is 65.8 Å². The van der Waals surface area contributed by atoms with Crippen molar-refractivity contribution in [2.45, 2.75) is 63.8 Å². The van der Waals surface area contributed by atoms with Crippen molar-refractivity contribution in [3.05, 3.63) is 35.0 Å². The summed E-state index contributed by atoms with van der Waals surface area (Å²) in [7, 11) is -1.19. The van der Waals surface area contributed by atoms with E-state index in [1.165, 1.54) is 16.6 Å². The van der Waals surface area contributed by atoms with Crippen molar-refractivity contribution in [1.29, 1.82) is 0 Å². The van der Waals surface area contributed by atoms with E-state index in [0.717, 1.165) is 19.0 Å². The first-order valence-corrected chi connectivity index (χ1v) is 15.3. The quantitative estimate of drug-likeness (QED) is 0.475. The summed E-state index contributed by atoms with van der Waals surface area (Å²) in [5, 5.41) is 6.37. The molecule has 14 heteroatoms. The molecule has 9 nitrogen and oxygen atoms in total. The van der Waals surface area contributed by atoms with Gasteiger partial charge in [0.15, 0.2) is 0 Å². The van der Waals surface area contributed by atoms with Crippen LogP contribution in [-0.2, 0) is 16.2 Å². The maximum atomic E-state index is 13.9. The number of alkyl halides is 3. The number of nitrogens with one attached hydrogen (secondary N) is 2. The summed E-state index contributed by atoms with van der Waals surface area (Å²) in [5.41, 5.74) is -0.224. The zero-order valence-corrected chi connectivity index (χ0v) is 25.2. The first-order valence-electron chi connectivity index (χ1n) is 13.1. The van der Waals surface area contributed by atoms with E-state index in [0.29, 0.717) is 42.6 Å². The van der Waals surface area contributed by atoms with Gasteiger partial charge in [-0.15, -0.1) is 0 Å². The molecule has 2 fully saturated rings. The zero-order chi connectivity index (χ0) is 29.7. The third-order valence-corrected chi connectivity index (χ3v) is 9.60. The van der Waals surface area contributed by atoms with Gasteiger partial charge in [-0.3, -0.25) is 4.90 Å². The third kappa shape index (κ3) is 6.75. The molecule has 2 aliphatic heterocycles. The van der Waals surface area contributed by atoms with Crippen molar-refractivity contribution in [3.63, 3.8) is 0 Å². The minimum Gasteiger partial charge on any atom is -0.368 e. The minimum atomic E-state index is -4.67. The number of aromatic nitrogens is 2. The van der Waals surface area contributed by atoms with E-state index in [9.17, 15) is 21.6 Å². The number of hydrogen-bond donors (Lipinski definition) is 2. The molecule has 2 aromatic rings. The second-order valence-electron chi connectivity index (χ2n) is 11.8. The Labute approximate surface area is 239 Å². The van der Waals surface area contributed by atoms with Crippen LogP contribution in [0.15, 0.2) is 24.4 Å². The van der Waals surface area contributed by atoms with Crippen LogP contribution in [0.2, 0.25) is 5.02 Å². The highest BCUT2D eigenvalue weighted by Crippen LogP contribution is 2.39. The maximum Gasteiger partial charge on any atom is 0.421 e. The maximum absolute atomic E-state index is 13.9. The van der Waals surface area contributed by atoms with Gasteiger partial charge in [-0.25, -0.2) is 13.4 Å². The summed E-state index contributed by atoms with van der Waals surface area (Å²) < 4.78 is 66.6. The molecule has 0 unspecified atom stereocenters. The fourth-order valence-corrected chi connectivity index (χ4v) is 6.78. The van der Waals surface area contributed by atoms with Crippen molar-refractivity contribution in [1.82, 2.24) is 19.2 Å². The van der Waals surface area contributed by atoms with Gasteiger partial charge in [0.25, 0.3) is 0 Å². The van der Waals surface area contributed by atoms with Crippen molar-refractivity contribution in [3.8, 4) is 0 Å². The van der Waals surface area contributed by atoms with Crippen LogP contribution in [0.4, 0.5) is 36.3 Å². The Morgan fingerprint density at radius 3 is 2.17 bits per heavy atom. The number of benzene rings is 1. The van der Waals surface area contributed by atoms with Crippen LogP contribution < -0.4 is 15.5 Å². The van der Waals surface area contributed by atoms with E-state index in [-0.39, 0.29) is 28.9 Å². The van der Waals surface area contributed by atoms with Gasteiger partial charge in [0.05, 0.1) is 17.0 Å². The molecule has 1 aromatic heterocycles. The van der Waals surface area contributed by atoms with Gasteiger partial charge in [0, 0.05) is 55.2 Å². The molecule has 0 atom stereocenters. The van der Waals surface area contributed by atoms with E-state index in [4.69, 9.17) is 11.6 Å². The molecule has 2 saturated heterocycles. The van der Waals surface area contributed by atoms with Crippen molar-refractivity contribution < 1.29 is 21.6 Å². The summed E-state index contributed by atoms with van der Waals surface area (Å²) >= 11 is 6.53. The molecular formula is C26H37ClF3N7O2S. The zero-order valence-electron chi connectivity index (χ0n) is 23.6. The third-order valence-electron chi connectivity index (χ3n) is 7.99. The smallest absolute Gasteiger partial charge is 0.368 e. The predicted molar refractivity (Wildman–Crippen MR) is 153 cm³/mol. The summed E-state index contributed by atoms with van der Waals surface area (Å²) in [6.45, 7) is 10.1. The lowest BCUT2D eigenvalue weighted by Crippen LogP contribution is -2.61. The van der Waals surface area contributed by atoms with Gasteiger partial charge in [0.1, 0.15) is 11.4 Å². The van der Waals surface area contributed by atoms with Crippen LogP contribution in [0.1, 0.15) is 46.1 Å². The Morgan fingerprint density at radius 2 is 1.65 bits per heavy atom. The molecule has 222 valence electrons. The van der Waals surface area contributed by atoms with Crippen molar-refractivity contribution in [2.75, 3.05) is 55.0 Å². The van der Waals surface area contributed by atoms with E-state index in [2.05, 4.69) is 60.2 Å². The molecule has 2 aliphatic rings. The standard InChI is InChI=1S/C26H37ClF3N7O2S/c1-24(2)14-18(15-25(3,4)35(24)5)33-23-31-16-19(26(28,29)30)22(34-23)32-17-7-8-21(20(27)13-17)36-9-11-37(12-10-36)40(6,38)39/h7-8,13,16,18H,9-12,14-15H2,1-6H3,(H2,31,32,33,34). The molecule has 0 radical (unpaired) electrons. The van der Waals surface area contributed by atoms with Crippen LogP contribution >= 0.6 is 11.6 Å². The van der Waals surface area contributed by atoms with E-state index in [1.54, 1.807) is 12.1 Å². The molecular weight excluding hydrogens is 567 g/mol. The fourth-order valence-electron chi connectivity index (χ4n) is 5.65. The molecule has 4 rings (SSSR count). The van der Waals surface area contributed by atoms with Crippen LogP contribution in [-0.4, -0.2) is 84.2 Å². The molecule has 0 saturated carbocycles. The number of halogens is 4. The number of nitrogens with zero attached hydrogens (tertiary/aromatic N) is 5. The highest BCUT2D eigenvalue weighted by atomic mass is 35.5. The van der Waals surface area contributed by atoms with Gasteiger partial charge in [-0.2, -0.15) is 22.5 Å². The van der Waals surface area contributed by atoms with E-state index >= 15 is 0 Å². The van der Waals surface area contributed by atoms with Crippen LogP contribution in [0.3, 0.4) is 0 Å². The molecule has 1 aromatic carbocycles. The highest BCUT2D eigenvalue weighted by Gasteiger charge is 2.43. The number of rotatable bonds is 6. The Bertz CT molecular complexity index is 1330. The lowest BCUT2D eigenvalue weighted by Gasteiger charge is -2.53. The number of hydrogen-bond acceptors (Lipinski definition) is 8. The lowest BCUT2D eigenvalue weighted by atomic mass is 9.77. The monoisotopic (exact) mass is 603 g/mol. The number of sulfonamides is 1. The summed E-state index contributed by atoms with van der Waals surface area (Å²) in [6.07, 6.45) is -1.15.